The molecule has 1 unspecified atom stereocenters. The first kappa shape index (κ1) is 14.3. The lowest BCUT2D eigenvalue weighted by Crippen LogP contribution is -2.27. The molecule has 0 saturated heterocycles. The smallest absolute Gasteiger partial charge is 0.207 e. The molecule has 2 aromatic rings. The van der Waals surface area contributed by atoms with Gasteiger partial charge < -0.3 is 0 Å². The third kappa shape index (κ3) is 2.74. The lowest BCUT2D eigenvalue weighted by atomic mass is 10.1. The Morgan fingerprint density at radius 2 is 1.81 bits per heavy atom. The van der Waals surface area contributed by atoms with Crippen molar-refractivity contribution in [2.45, 2.75) is 37.6 Å². The van der Waals surface area contributed by atoms with Crippen LogP contribution in [0.3, 0.4) is 0 Å². The van der Waals surface area contributed by atoms with E-state index in [4.69, 9.17) is 0 Å². The minimum atomic E-state index is -3.48. The summed E-state index contributed by atoms with van der Waals surface area (Å²) >= 11 is 0. The monoisotopic (exact) mass is 301 g/mol. The van der Waals surface area contributed by atoms with Gasteiger partial charge in [0.25, 0.3) is 0 Å². The Balaban J connectivity index is 1.89. The summed E-state index contributed by atoms with van der Waals surface area (Å²) in [6.45, 7) is 3.91. The fraction of sp³-hybridized carbons (Fsp3) is 0.294. The fourth-order valence-electron chi connectivity index (χ4n) is 2.82. The molecule has 0 fully saturated rings. The second-order valence-electron chi connectivity index (χ2n) is 5.66. The number of sulfonamides is 1. The zero-order valence-electron chi connectivity index (χ0n) is 12.3. The lowest BCUT2D eigenvalue weighted by Gasteiger charge is -2.15. The normalized spacial score (nSPS) is 17.7. The van der Waals surface area contributed by atoms with Crippen molar-refractivity contribution in [2.24, 2.45) is 0 Å². The van der Waals surface area contributed by atoms with Gasteiger partial charge in [-0.2, -0.15) is 0 Å². The number of aryl methyl sites for hydroxylation is 3. The van der Waals surface area contributed by atoms with Crippen molar-refractivity contribution in [1.82, 2.24) is 4.72 Å². The van der Waals surface area contributed by atoms with Gasteiger partial charge in [0.05, 0.1) is 4.90 Å². The maximum absolute atomic E-state index is 12.6. The fourth-order valence-corrected chi connectivity index (χ4v) is 4.15. The zero-order chi connectivity index (χ0) is 15.0. The molecule has 1 aliphatic carbocycles. The van der Waals surface area contributed by atoms with E-state index in [-0.39, 0.29) is 6.04 Å². The van der Waals surface area contributed by atoms with E-state index in [2.05, 4.69) is 10.8 Å². The summed E-state index contributed by atoms with van der Waals surface area (Å²) in [6, 6.07) is 13.2. The van der Waals surface area contributed by atoms with Crippen LogP contribution >= 0.6 is 0 Å². The van der Waals surface area contributed by atoms with Gasteiger partial charge in [0.15, 0.2) is 0 Å². The molecule has 1 aliphatic rings. The van der Waals surface area contributed by atoms with E-state index in [9.17, 15) is 8.42 Å². The van der Waals surface area contributed by atoms with Crippen molar-refractivity contribution in [1.29, 1.82) is 0 Å². The summed E-state index contributed by atoms with van der Waals surface area (Å²) in [5.41, 5.74) is 4.43. The maximum Gasteiger partial charge on any atom is 0.241 e. The van der Waals surface area contributed by atoms with Crippen LogP contribution in [0.5, 0.6) is 0 Å². The average Bonchev–Trinajstić information content (AvgIpc) is 2.85. The number of hydrogen-bond acceptors (Lipinski definition) is 2. The number of nitrogens with one attached hydrogen (secondary N) is 1. The van der Waals surface area contributed by atoms with Gasteiger partial charge in [-0.1, -0.05) is 30.3 Å². The number of rotatable bonds is 3. The molecule has 0 aromatic heterocycles. The molecule has 110 valence electrons. The van der Waals surface area contributed by atoms with Crippen LogP contribution in [0.1, 0.15) is 34.7 Å². The van der Waals surface area contributed by atoms with Crippen LogP contribution in [-0.4, -0.2) is 8.42 Å². The predicted octanol–water partition coefficient (Wildman–Crippen LogP) is 3.27. The zero-order valence-corrected chi connectivity index (χ0v) is 13.1. The van der Waals surface area contributed by atoms with Gasteiger partial charge >= 0.3 is 0 Å². The van der Waals surface area contributed by atoms with Crippen molar-refractivity contribution >= 4 is 10.0 Å². The molecule has 0 amide bonds. The molecule has 4 heteroatoms. The Kier molecular flexibility index (Phi) is 3.59. The quantitative estimate of drug-likeness (QED) is 0.945. The third-order valence-corrected chi connectivity index (χ3v) is 5.69. The van der Waals surface area contributed by atoms with Crippen molar-refractivity contribution in [3.8, 4) is 0 Å². The van der Waals surface area contributed by atoms with E-state index in [1.807, 2.05) is 38.1 Å². The molecule has 3 nitrogen and oxygen atoms in total. The maximum atomic E-state index is 12.6. The SMILES string of the molecule is Cc1ccc(S(=O)(=O)NC2CCc3ccccc32)cc1C. The predicted molar refractivity (Wildman–Crippen MR) is 83.7 cm³/mol. The molecule has 2 aromatic carbocycles. The van der Waals surface area contributed by atoms with Crippen LogP contribution in [0.2, 0.25) is 0 Å². The molecule has 0 radical (unpaired) electrons. The minimum Gasteiger partial charge on any atom is -0.207 e. The number of hydrogen-bond donors (Lipinski definition) is 1. The highest BCUT2D eigenvalue weighted by atomic mass is 32.2. The Morgan fingerprint density at radius 3 is 2.57 bits per heavy atom. The first-order valence-electron chi connectivity index (χ1n) is 7.15. The van der Waals surface area contributed by atoms with Crippen molar-refractivity contribution in [3.63, 3.8) is 0 Å². The topological polar surface area (TPSA) is 46.2 Å². The van der Waals surface area contributed by atoms with Gasteiger partial charge in [0.2, 0.25) is 10.0 Å². The summed E-state index contributed by atoms with van der Waals surface area (Å²) in [7, 11) is -3.48. The first-order valence-corrected chi connectivity index (χ1v) is 8.63. The molecular formula is C17H19NO2S. The molecule has 0 aliphatic heterocycles. The average molecular weight is 301 g/mol. The van der Waals surface area contributed by atoms with Gasteiger partial charge in [-0.05, 0) is 61.1 Å². The van der Waals surface area contributed by atoms with E-state index >= 15 is 0 Å². The summed E-state index contributed by atoms with van der Waals surface area (Å²) in [6.07, 6.45) is 1.75. The molecule has 0 saturated carbocycles. The van der Waals surface area contributed by atoms with Gasteiger partial charge in [-0.25, -0.2) is 13.1 Å². The highest BCUT2D eigenvalue weighted by molar-refractivity contribution is 7.89. The van der Waals surface area contributed by atoms with E-state index in [1.54, 1.807) is 12.1 Å². The standard InChI is InChI=1S/C17H19NO2S/c1-12-7-9-15(11-13(12)2)21(19,20)18-17-10-8-14-5-3-4-6-16(14)17/h3-7,9,11,17-18H,8,10H2,1-2H3. The molecule has 1 atom stereocenters. The highest BCUT2D eigenvalue weighted by Crippen LogP contribution is 2.32. The molecule has 0 bridgehead atoms. The van der Waals surface area contributed by atoms with Gasteiger partial charge in [-0.15, -0.1) is 0 Å². The Labute approximate surface area is 126 Å². The van der Waals surface area contributed by atoms with Gasteiger partial charge in [0.1, 0.15) is 0 Å². The Bertz CT molecular complexity index is 781. The number of fused-ring (bicyclic) bond motifs is 1. The molecule has 1 N–H and O–H groups in total. The van der Waals surface area contributed by atoms with E-state index in [0.29, 0.717) is 4.90 Å². The van der Waals surface area contributed by atoms with Crippen LogP contribution in [0.4, 0.5) is 0 Å². The van der Waals surface area contributed by atoms with Crippen LogP contribution in [0.15, 0.2) is 47.4 Å². The molecular weight excluding hydrogens is 282 g/mol. The molecule has 0 heterocycles. The third-order valence-electron chi connectivity index (χ3n) is 4.22. The van der Waals surface area contributed by atoms with Crippen LogP contribution < -0.4 is 4.72 Å². The van der Waals surface area contributed by atoms with Crippen molar-refractivity contribution in [3.05, 3.63) is 64.7 Å². The van der Waals surface area contributed by atoms with Crippen molar-refractivity contribution < 1.29 is 8.42 Å². The summed E-state index contributed by atoms with van der Waals surface area (Å²) in [5.74, 6) is 0. The van der Waals surface area contributed by atoms with Crippen LogP contribution in [0, 0.1) is 13.8 Å². The number of benzene rings is 2. The summed E-state index contributed by atoms with van der Waals surface area (Å²) < 4.78 is 27.9. The van der Waals surface area contributed by atoms with Crippen LogP contribution in [0.25, 0.3) is 0 Å². The Hall–Kier alpha value is -1.65. The van der Waals surface area contributed by atoms with E-state index < -0.39 is 10.0 Å². The largest absolute Gasteiger partial charge is 0.241 e. The van der Waals surface area contributed by atoms with E-state index in [1.165, 1.54) is 5.56 Å². The second-order valence-corrected chi connectivity index (χ2v) is 7.37. The van der Waals surface area contributed by atoms with Crippen LogP contribution in [-0.2, 0) is 16.4 Å². The minimum absolute atomic E-state index is 0.118. The summed E-state index contributed by atoms with van der Waals surface area (Å²) in [5, 5.41) is 0. The Morgan fingerprint density at radius 1 is 1.05 bits per heavy atom. The highest BCUT2D eigenvalue weighted by Gasteiger charge is 2.27. The second kappa shape index (κ2) is 5.28. The molecule has 3 rings (SSSR count). The lowest BCUT2D eigenvalue weighted by molar-refractivity contribution is 0.554. The summed E-state index contributed by atoms with van der Waals surface area (Å²) in [4.78, 5) is 0.343. The van der Waals surface area contributed by atoms with E-state index in [0.717, 1.165) is 29.5 Å². The van der Waals surface area contributed by atoms with Gasteiger partial charge in [0, 0.05) is 6.04 Å². The molecule has 21 heavy (non-hydrogen) atoms. The first-order chi connectivity index (χ1) is 9.97. The molecule has 0 spiro atoms. The van der Waals surface area contributed by atoms with Gasteiger partial charge in [-0.3, -0.25) is 0 Å². The van der Waals surface area contributed by atoms with Crippen molar-refractivity contribution in [2.75, 3.05) is 0 Å².